The van der Waals surface area contributed by atoms with Crippen molar-refractivity contribution < 1.29 is 0 Å². The van der Waals surface area contributed by atoms with Gasteiger partial charge in [-0.3, -0.25) is 4.98 Å². The van der Waals surface area contributed by atoms with Crippen LogP contribution in [0.4, 0.5) is 5.82 Å². The van der Waals surface area contributed by atoms with Crippen LogP contribution in [0.5, 0.6) is 0 Å². The quantitative estimate of drug-likeness (QED) is 0.698. The van der Waals surface area contributed by atoms with E-state index in [9.17, 15) is 0 Å². The molecule has 0 spiro atoms. The van der Waals surface area contributed by atoms with Crippen molar-refractivity contribution in [1.29, 1.82) is 0 Å². The summed E-state index contributed by atoms with van der Waals surface area (Å²) in [5.74, 6) is 3.32. The zero-order valence-corrected chi connectivity index (χ0v) is 15.4. The fraction of sp³-hybridized carbons (Fsp3) is 0.429. The molecule has 6 nitrogen and oxygen atoms in total. The summed E-state index contributed by atoms with van der Waals surface area (Å²) in [5.41, 5.74) is 2.41. The van der Waals surface area contributed by atoms with Gasteiger partial charge in [0.1, 0.15) is 18.0 Å². The molecule has 1 atom stereocenters. The van der Waals surface area contributed by atoms with E-state index in [0.29, 0.717) is 11.8 Å². The van der Waals surface area contributed by atoms with Crippen molar-refractivity contribution in [1.82, 2.24) is 24.5 Å². The van der Waals surface area contributed by atoms with E-state index in [1.807, 2.05) is 24.7 Å². The highest BCUT2D eigenvalue weighted by atomic mass is 15.2. The molecule has 1 aliphatic heterocycles. The van der Waals surface area contributed by atoms with Crippen LogP contribution < -0.4 is 4.90 Å². The van der Waals surface area contributed by atoms with Gasteiger partial charge in [-0.05, 0) is 37.3 Å². The number of piperidine rings is 1. The molecule has 3 aromatic heterocycles. The fourth-order valence-corrected chi connectivity index (χ4v) is 4.04. The van der Waals surface area contributed by atoms with E-state index < -0.39 is 0 Å². The number of rotatable bonds is 5. The number of anilines is 1. The molecule has 0 N–H and O–H groups in total. The van der Waals surface area contributed by atoms with Crippen LogP contribution in [0, 0.1) is 0 Å². The van der Waals surface area contributed by atoms with Crippen molar-refractivity contribution in [2.24, 2.45) is 0 Å². The molecule has 0 aromatic carbocycles. The molecule has 2 aliphatic rings. The van der Waals surface area contributed by atoms with Gasteiger partial charge < -0.3 is 9.47 Å². The predicted molar refractivity (Wildman–Crippen MR) is 104 cm³/mol. The molecule has 2 fully saturated rings. The summed E-state index contributed by atoms with van der Waals surface area (Å²) in [6.45, 7) is 2.84. The van der Waals surface area contributed by atoms with E-state index >= 15 is 0 Å². The van der Waals surface area contributed by atoms with Gasteiger partial charge >= 0.3 is 0 Å². The third-order valence-corrected chi connectivity index (χ3v) is 5.60. The first-order chi connectivity index (χ1) is 13.4. The summed E-state index contributed by atoms with van der Waals surface area (Å²) in [6, 6.07) is 6.30. The van der Waals surface area contributed by atoms with Crippen molar-refractivity contribution in [2.75, 3.05) is 18.0 Å². The molecule has 3 aromatic rings. The van der Waals surface area contributed by atoms with Crippen LogP contribution in [0.3, 0.4) is 0 Å². The summed E-state index contributed by atoms with van der Waals surface area (Å²) >= 11 is 0. The Kier molecular flexibility index (Phi) is 4.32. The number of pyridine rings is 1. The molecule has 138 valence electrons. The minimum absolute atomic E-state index is 0.421. The minimum atomic E-state index is 0.421. The largest absolute Gasteiger partial charge is 0.356 e. The van der Waals surface area contributed by atoms with Crippen molar-refractivity contribution in [3.8, 4) is 0 Å². The van der Waals surface area contributed by atoms with E-state index in [2.05, 4.69) is 42.7 Å². The van der Waals surface area contributed by atoms with Crippen LogP contribution in [0.2, 0.25) is 0 Å². The normalized spacial score (nSPS) is 20.0. The first-order valence-electron chi connectivity index (χ1n) is 9.83. The van der Waals surface area contributed by atoms with Gasteiger partial charge in [0, 0.05) is 61.5 Å². The highest BCUT2D eigenvalue weighted by Gasteiger charge is 2.28. The van der Waals surface area contributed by atoms with E-state index in [4.69, 9.17) is 4.98 Å². The number of hydrogen-bond acceptors (Lipinski definition) is 5. The third kappa shape index (κ3) is 3.56. The molecule has 5 rings (SSSR count). The van der Waals surface area contributed by atoms with Crippen LogP contribution in [-0.4, -0.2) is 37.6 Å². The molecular weight excluding hydrogens is 336 g/mol. The Morgan fingerprint density at radius 2 is 2.00 bits per heavy atom. The lowest BCUT2D eigenvalue weighted by molar-refractivity contribution is 0.473. The predicted octanol–water partition coefficient (Wildman–Crippen LogP) is 3.38. The first-order valence-corrected chi connectivity index (χ1v) is 9.83. The second kappa shape index (κ2) is 7.10. The molecule has 27 heavy (non-hydrogen) atoms. The van der Waals surface area contributed by atoms with Crippen LogP contribution >= 0.6 is 0 Å². The maximum Gasteiger partial charge on any atom is 0.132 e. The number of hydrogen-bond donors (Lipinski definition) is 0. The topological polar surface area (TPSA) is 59.7 Å². The Bertz CT molecular complexity index is 902. The van der Waals surface area contributed by atoms with Crippen LogP contribution in [0.1, 0.15) is 54.6 Å². The van der Waals surface area contributed by atoms with Gasteiger partial charge in [0.15, 0.2) is 0 Å². The monoisotopic (exact) mass is 360 g/mol. The van der Waals surface area contributed by atoms with Gasteiger partial charge in [0.05, 0.1) is 6.54 Å². The number of nitrogens with zero attached hydrogens (tertiary/aromatic N) is 6. The van der Waals surface area contributed by atoms with Crippen LogP contribution in [-0.2, 0) is 6.54 Å². The van der Waals surface area contributed by atoms with Crippen molar-refractivity contribution in [2.45, 2.75) is 44.1 Å². The van der Waals surface area contributed by atoms with E-state index in [0.717, 1.165) is 31.9 Å². The molecule has 1 saturated heterocycles. The molecule has 0 unspecified atom stereocenters. The van der Waals surface area contributed by atoms with E-state index in [-0.39, 0.29) is 0 Å². The Hall–Kier alpha value is -2.76. The van der Waals surface area contributed by atoms with Crippen LogP contribution in [0.15, 0.2) is 49.3 Å². The molecular formula is C21H24N6. The second-order valence-electron chi connectivity index (χ2n) is 7.64. The lowest BCUT2D eigenvalue weighted by Crippen LogP contribution is -2.36. The minimum Gasteiger partial charge on any atom is -0.356 e. The maximum atomic E-state index is 4.70. The summed E-state index contributed by atoms with van der Waals surface area (Å²) in [6.07, 6.45) is 14.3. The summed E-state index contributed by atoms with van der Waals surface area (Å²) in [5, 5.41) is 0. The standard InChI is InChI=1S/C21H24N6/c1-3-16(12-22-7-1)13-27-10-8-23-21(27)18-4-2-9-26(14-18)20-11-19(17-5-6-17)24-15-25-20/h1,3,7-8,10-12,15,17-18H,2,4-6,9,13-14H2/t18-/m0/s1. The lowest BCUT2D eigenvalue weighted by Gasteiger charge is -2.33. The van der Waals surface area contributed by atoms with Crippen molar-refractivity contribution in [3.05, 3.63) is 66.4 Å². The van der Waals surface area contributed by atoms with E-state index in [1.165, 1.54) is 36.3 Å². The highest BCUT2D eigenvalue weighted by molar-refractivity contribution is 5.41. The van der Waals surface area contributed by atoms with Crippen molar-refractivity contribution in [3.63, 3.8) is 0 Å². The average Bonchev–Trinajstić information content (AvgIpc) is 3.48. The molecule has 1 saturated carbocycles. The first kappa shape index (κ1) is 16.4. The highest BCUT2D eigenvalue weighted by Crippen LogP contribution is 2.40. The van der Waals surface area contributed by atoms with Gasteiger partial charge in [0.2, 0.25) is 0 Å². The fourth-order valence-electron chi connectivity index (χ4n) is 4.04. The van der Waals surface area contributed by atoms with Gasteiger partial charge in [-0.1, -0.05) is 6.07 Å². The maximum absolute atomic E-state index is 4.70. The third-order valence-electron chi connectivity index (χ3n) is 5.60. The Labute approximate surface area is 159 Å². The Balaban J connectivity index is 1.34. The molecule has 0 bridgehead atoms. The summed E-state index contributed by atoms with van der Waals surface area (Å²) in [7, 11) is 0. The second-order valence-corrected chi connectivity index (χ2v) is 7.64. The van der Waals surface area contributed by atoms with Crippen LogP contribution in [0.25, 0.3) is 0 Å². The molecule has 0 amide bonds. The zero-order valence-electron chi connectivity index (χ0n) is 15.4. The molecule has 1 aliphatic carbocycles. The SMILES string of the molecule is c1cncc(Cn2ccnc2[C@H]2CCCN(c3cc(C4CC4)ncn3)C2)c1. The van der Waals surface area contributed by atoms with Gasteiger partial charge in [-0.2, -0.15) is 0 Å². The average molecular weight is 360 g/mol. The summed E-state index contributed by atoms with van der Waals surface area (Å²) in [4.78, 5) is 20.4. The van der Waals surface area contributed by atoms with Gasteiger partial charge in [-0.15, -0.1) is 0 Å². The number of aromatic nitrogens is 5. The van der Waals surface area contributed by atoms with E-state index in [1.54, 1.807) is 6.33 Å². The molecule has 0 radical (unpaired) electrons. The lowest BCUT2D eigenvalue weighted by atomic mass is 9.97. The van der Waals surface area contributed by atoms with Gasteiger partial charge in [-0.25, -0.2) is 15.0 Å². The smallest absolute Gasteiger partial charge is 0.132 e. The number of imidazole rings is 1. The Morgan fingerprint density at radius 1 is 1.04 bits per heavy atom. The Morgan fingerprint density at radius 3 is 2.85 bits per heavy atom. The van der Waals surface area contributed by atoms with Crippen molar-refractivity contribution >= 4 is 5.82 Å². The zero-order chi connectivity index (χ0) is 18.1. The van der Waals surface area contributed by atoms with Gasteiger partial charge in [0.25, 0.3) is 0 Å². The summed E-state index contributed by atoms with van der Waals surface area (Å²) < 4.78 is 2.26. The molecule has 4 heterocycles. The molecule has 6 heteroatoms.